The fourth-order valence-corrected chi connectivity index (χ4v) is 6.79. The van der Waals surface area contributed by atoms with E-state index in [0.29, 0.717) is 17.8 Å². The average Bonchev–Trinajstić information content (AvgIpc) is 3.45. The zero-order chi connectivity index (χ0) is 22.1. The second-order valence-corrected chi connectivity index (χ2v) is 11.3. The minimum atomic E-state index is 0. The van der Waals surface area contributed by atoms with Crippen LogP contribution in [0.4, 0.5) is 0 Å². The predicted octanol–water partition coefficient (Wildman–Crippen LogP) is 2.53. The molecule has 178 valence electrons. The molecule has 0 nitrogen and oxygen atoms in total. The van der Waals surface area contributed by atoms with Gasteiger partial charge in [-0.25, -0.2) is 0 Å². The minimum absolute atomic E-state index is 0. The van der Waals surface area contributed by atoms with E-state index in [9.17, 15) is 0 Å². The fourth-order valence-electron chi connectivity index (χ4n) is 6.79. The van der Waals surface area contributed by atoms with E-state index in [4.69, 9.17) is 0 Å². The molecular weight excluding hydrogens is 546 g/mol. The van der Waals surface area contributed by atoms with Crippen LogP contribution in [0.3, 0.4) is 0 Å². The topological polar surface area (TPSA) is 0 Å². The smallest absolute Gasteiger partial charge is 1.00 e. The first-order valence-corrected chi connectivity index (χ1v) is 12.0. The molecule has 3 heteroatoms. The first-order valence-electron chi connectivity index (χ1n) is 12.0. The van der Waals surface area contributed by atoms with Gasteiger partial charge in [-0.1, -0.05) is 124 Å². The summed E-state index contributed by atoms with van der Waals surface area (Å²) in [4.78, 5) is 0. The number of halogens is 2. The zero-order valence-corrected chi connectivity index (χ0v) is 24.8. The van der Waals surface area contributed by atoms with Gasteiger partial charge in [0.15, 0.2) is 0 Å². The quantitative estimate of drug-likeness (QED) is 0.439. The maximum absolute atomic E-state index is 2.63. The number of benzene rings is 3. The molecule has 0 radical (unpaired) electrons. The SMILES string of the molecule is CC(C)(C)C1=CC2C(=C1)C(c1ccccc1)CC2(C)C1c2ccccc2-c2ccccc21.[Cl-].[Cl-].[Zr+2]. The molecule has 1 saturated carbocycles. The van der Waals surface area contributed by atoms with Crippen molar-refractivity contribution in [2.24, 2.45) is 16.7 Å². The first kappa shape index (κ1) is 28.2. The summed E-state index contributed by atoms with van der Waals surface area (Å²) in [5.41, 5.74) is 10.8. The molecule has 0 N–H and O–H groups in total. The molecule has 3 unspecified atom stereocenters. The van der Waals surface area contributed by atoms with E-state index in [1.807, 2.05) is 0 Å². The molecule has 1 fully saturated rings. The average molecular weight is 579 g/mol. The van der Waals surface area contributed by atoms with E-state index < -0.39 is 0 Å². The number of fused-ring (bicyclic) bond motifs is 4. The van der Waals surface area contributed by atoms with Crippen LogP contribution in [-0.4, -0.2) is 0 Å². The van der Waals surface area contributed by atoms with Crippen LogP contribution < -0.4 is 24.8 Å². The predicted molar refractivity (Wildman–Crippen MR) is 135 cm³/mol. The molecule has 3 atom stereocenters. The molecule has 3 aromatic carbocycles. The summed E-state index contributed by atoms with van der Waals surface area (Å²) in [6.07, 6.45) is 6.37. The van der Waals surface area contributed by atoms with Crippen molar-refractivity contribution in [1.82, 2.24) is 0 Å². The molecule has 0 bridgehead atoms. The van der Waals surface area contributed by atoms with Crippen LogP contribution in [0.5, 0.6) is 0 Å². The minimum Gasteiger partial charge on any atom is -1.00 e. The molecule has 6 rings (SSSR count). The van der Waals surface area contributed by atoms with Gasteiger partial charge in [0.05, 0.1) is 0 Å². The third-order valence-electron chi connectivity index (χ3n) is 8.35. The monoisotopic (exact) mass is 576 g/mol. The van der Waals surface area contributed by atoms with Crippen molar-refractivity contribution in [2.45, 2.75) is 46.0 Å². The van der Waals surface area contributed by atoms with E-state index in [2.05, 4.69) is 119 Å². The van der Waals surface area contributed by atoms with Crippen molar-refractivity contribution in [1.29, 1.82) is 0 Å². The van der Waals surface area contributed by atoms with Crippen molar-refractivity contribution in [2.75, 3.05) is 0 Å². The Balaban J connectivity index is 0.00000114. The Kier molecular flexibility index (Phi) is 8.18. The van der Waals surface area contributed by atoms with Gasteiger partial charge in [-0.05, 0) is 50.6 Å². The van der Waals surface area contributed by atoms with Gasteiger partial charge in [0.2, 0.25) is 0 Å². The molecule has 35 heavy (non-hydrogen) atoms. The molecule has 0 saturated heterocycles. The van der Waals surface area contributed by atoms with E-state index in [-0.39, 0.29) is 61.8 Å². The molecular formula is C32H32Cl2Zr. The third kappa shape index (κ3) is 4.37. The van der Waals surface area contributed by atoms with E-state index in [1.165, 1.54) is 39.8 Å². The van der Waals surface area contributed by atoms with Crippen LogP contribution in [0.1, 0.15) is 62.6 Å². The Morgan fingerprint density at radius 1 is 0.743 bits per heavy atom. The van der Waals surface area contributed by atoms with Crippen LogP contribution in [0.25, 0.3) is 11.1 Å². The van der Waals surface area contributed by atoms with E-state index in [1.54, 1.807) is 5.57 Å². The van der Waals surface area contributed by atoms with Crippen molar-refractivity contribution in [3.8, 4) is 11.1 Å². The normalized spacial score (nSPS) is 24.1. The fraction of sp³-hybridized carbons (Fsp3) is 0.312. The molecule has 0 aromatic heterocycles. The Morgan fingerprint density at radius 3 is 1.80 bits per heavy atom. The van der Waals surface area contributed by atoms with Crippen LogP contribution in [0.2, 0.25) is 0 Å². The van der Waals surface area contributed by atoms with E-state index in [0.717, 1.165) is 0 Å². The zero-order valence-electron chi connectivity index (χ0n) is 20.9. The molecule has 0 spiro atoms. The summed E-state index contributed by atoms with van der Waals surface area (Å²) in [6.45, 7) is 9.63. The molecule has 3 aliphatic carbocycles. The van der Waals surface area contributed by atoms with Crippen LogP contribution >= 0.6 is 0 Å². The Hall–Kier alpha value is -1.40. The largest absolute Gasteiger partial charge is 2.00 e. The number of allylic oxidation sites excluding steroid dienone is 4. The summed E-state index contributed by atoms with van der Waals surface area (Å²) in [5, 5.41) is 0. The molecule has 0 heterocycles. The van der Waals surface area contributed by atoms with Gasteiger partial charge in [0.25, 0.3) is 0 Å². The number of rotatable bonds is 2. The van der Waals surface area contributed by atoms with Crippen molar-refractivity contribution in [3.05, 3.63) is 119 Å². The Morgan fingerprint density at radius 2 is 1.26 bits per heavy atom. The van der Waals surface area contributed by atoms with Gasteiger partial charge in [0.1, 0.15) is 0 Å². The van der Waals surface area contributed by atoms with Gasteiger partial charge in [-0.3, -0.25) is 0 Å². The summed E-state index contributed by atoms with van der Waals surface area (Å²) < 4.78 is 0. The van der Waals surface area contributed by atoms with Crippen molar-refractivity contribution in [3.63, 3.8) is 0 Å². The van der Waals surface area contributed by atoms with Gasteiger partial charge < -0.3 is 24.8 Å². The van der Waals surface area contributed by atoms with Crippen molar-refractivity contribution >= 4 is 0 Å². The van der Waals surface area contributed by atoms with Gasteiger partial charge >= 0.3 is 26.2 Å². The summed E-state index contributed by atoms with van der Waals surface area (Å²) in [5.74, 6) is 1.39. The third-order valence-corrected chi connectivity index (χ3v) is 8.35. The van der Waals surface area contributed by atoms with Crippen LogP contribution in [0, 0.1) is 16.7 Å². The van der Waals surface area contributed by atoms with Crippen molar-refractivity contribution < 1.29 is 51.0 Å². The van der Waals surface area contributed by atoms with Gasteiger partial charge in [0, 0.05) is 17.8 Å². The second-order valence-electron chi connectivity index (χ2n) is 11.3. The first-order chi connectivity index (χ1) is 15.4. The Labute approximate surface area is 242 Å². The maximum atomic E-state index is 2.63. The van der Waals surface area contributed by atoms with E-state index >= 15 is 0 Å². The molecule has 3 aromatic rings. The standard InChI is InChI=1S/C32H32.2ClH.Zr/c1-31(2,3)22-18-27-28(21-12-6-5-7-13-21)20-32(4,29(27)19-22)30-25-16-10-8-14-23(25)24-15-9-11-17-26(24)30;;;/h5-19,28-30H,20H2,1-4H3;2*1H;/q;;;+2/p-2. The summed E-state index contributed by atoms with van der Waals surface area (Å²) in [6, 6.07) is 29.5. The summed E-state index contributed by atoms with van der Waals surface area (Å²) >= 11 is 0. The molecule has 0 amide bonds. The van der Waals surface area contributed by atoms with Gasteiger partial charge in [-0.15, -0.1) is 0 Å². The second kappa shape index (κ2) is 10.2. The van der Waals surface area contributed by atoms with Gasteiger partial charge in [-0.2, -0.15) is 0 Å². The molecule has 0 aliphatic heterocycles. The van der Waals surface area contributed by atoms with Crippen LogP contribution in [-0.2, 0) is 26.2 Å². The number of hydrogen-bond acceptors (Lipinski definition) is 0. The summed E-state index contributed by atoms with van der Waals surface area (Å²) in [7, 11) is 0. The van der Waals surface area contributed by atoms with Crippen LogP contribution in [0.15, 0.2) is 102 Å². The maximum Gasteiger partial charge on any atom is 2.00 e. The molecule has 3 aliphatic rings. The number of hydrogen-bond donors (Lipinski definition) is 0. The Bertz CT molecular complexity index is 1220.